The maximum Gasteiger partial charge on any atom is 0.223 e. The lowest BCUT2D eigenvalue weighted by molar-refractivity contribution is -0.117. The molecule has 1 aliphatic rings. The summed E-state index contributed by atoms with van der Waals surface area (Å²) < 4.78 is 19.4. The Bertz CT molecular complexity index is 526. The first-order chi connectivity index (χ1) is 10.5. The molecule has 1 aliphatic heterocycles. The summed E-state index contributed by atoms with van der Waals surface area (Å²) in [7, 11) is 0. The summed E-state index contributed by atoms with van der Waals surface area (Å²) in [4.78, 5) is 14.9. The second-order valence-electron chi connectivity index (χ2n) is 4.70. The van der Waals surface area contributed by atoms with Gasteiger partial charge in [0.1, 0.15) is 24.1 Å². The topological polar surface area (TPSA) is 146 Å². The fraction of sp³-hybridized carbons (Fsp3) is 0.667. The van der Waals surface area contributed by atoms with Gasteiger partial charge in [-0.3, -0.25) is 9.36 Å². The van der Waals surface area contributed by atoms with E-state index in [0.29, 0.717) is 5.69 Å². The molecule has 4 atom stereocenters. The minimum atomic E-state index is -1.10. The number of nitrogen functional groups attached to an aromatic ring is 1. The van der Waals surface area contributed by atoms with Crippen molar-refractivity contribution in [1.29, 1.82) is 0 Å². The van der Waals surface area contributed by atoms with Crippen LogP contribution in [0.4, 0.5) is 5.82 Å². The van der Waals surface area contributed by atoms with Gasteiger partial charge in [0.15, 0.2) is 6.23 Å². The molecule has 0 bridgehead atoms. The number of anilines is 1. The SMILES string of the molecule is [2H]CCO[C@@H]1[C@@H](CO)OC(n2cnc(CC(N)=O)c2N)[C@@H]1O. The quantitative estimate of drug-likeness (QED) is 0.482. The fourth-order valence-electron chi connectivity index (χ4n) is 2.35. The van der Waals surface area contributed by atoms with E-state index in [4.69, 9.17) is 22.3 Å². The van der Waals surface area contributed by atoms with Crippen LogP contribution in [0.5, 0.6) is 0 Å². The minimum Gasteiger partial charge on any atom is -0.394 e. The normalized spacial score (nSPS) is 29.5. The molecule has 1 amide bonds. The standard InChI is InChI=1S/C12H20N4O5/c1-2-20-10-7(4-17)21-12(9(10)19)16-5-15-6(11(16)14)3-8(13)18/h5,7,9-10,12,17,19H,2-4,14H2,1H3,(H2,13,18)/t7-,9-,10-,12?/m1/s1/i1D. The number of aliphatic hydroxyl groups is 2. The number of rotatable bonds is 6. The average molecular weight is 301 g/mol. The van der Waals surface area contributed by atoms with Gasteiger partial charge in [-0.15, -0.1) is 0 Å². The molecule has 0 aliphatic carbocycles. The molecule has 0 radical (unpaired) electrons. The number of amides is 1. The van der Waals surface area contributed by atoms with Crippen molar-refractivity contribution in [3.8, 4) is 0 Å². The zero-order chi connectivity index (χ0) is 16.3. The maximum absolute atomic E-state index is 11.0. The average Bonchev–Trinajstić information content (AvgIpc) is 2.97. The van der Waals surface area contributed by atoms with Gasteiger partial charge in [0, 0.05) is 7.98 Å². The molecule has 1 unspecified atom stereocenters. The number of hydrogen-bond acceptors (Lipinski definition) is 7. The van der Waals surface area contributed by atoms with Crippen molar-refractivity contribution in [2.24, 2.45) is 5.73 Å². The number of ether oxygens (including phenoxy) is 2. The number of nitrogens with two attached hydrogens (primary N) is 2. The predicted molar refractivity (Wildman–Crippen MR) is 72.0 cm³/mol. The molecule has 1 aromatic rings. The Hall–Kier alpha value is -1.68. The predicted octanol–water partition coefficient (Wildman–Crippen LogP) is -1.85. The number of carbonyl (C=O) groups excluding carboxylic acids is 1. The van der Waals surface area contributed by atoms with Gasteiger partial charge in [-0.2, -0.15) is 0 Å². The Morgan fingerprint density at radius 1 is 1.71 bits per heavy atom. The first-order valence-corrected chi connectivity index (χ1v) is 6.44. The summed E-state index contributed by atoms with van der Waals surface area (Å²) in [6.07, 6.45) is -2.30. The summed E-state index contributed by atoms with van der Waals surface area (Å²) in [6, 6.07) is 0. The molecule has 0 aromatic carbocycles. The highest BCUT2D eigenvalue weighted by Crippen LogP contribution is 2.33. The molecule has 0 spiro atoms. The molecule has 118 valence electrons. The Labute approximate surface area is 122 Å². The Morgan fingerprint density at radius 2 is 2.48 bits per heavy atom. The van der Waals surface area contributed by atoms with E-state index in [2.05, 4.69) is 4.98 Å². The minimum absolute atomic E-state index is 0.0298. The van der Waals surface area contributed by atoms with Crippen LogP contribution < -0.4 is 11.5 Å². The third kappa shape index (κ3) is 3.00. The van der Waals surface area contributed by atoms with Crippen molar-refractivity contribution in [3.63, 3.8) is 0 Å². The summed E-state index contributed by atoms with van der Waals surface area (Å²) in [5.74, 6) is -0.421. The van der Waals surface area contributed by atoms with Crippen LogP contribution in [-0.2, 0) is 20.7 Å². The van der Waals surface area contributed by atoms with Crippen LogP contribution in [0, 0.1) is 0 Å². The molecular weight excluding hydrogens is 280 g/mol. The van der Waals surface area contributed by atoms with Crippen molar-refractivity contribution in [2.75, 3.05) is 18.9 Å². The lowest BCUT2D eigenvalue weighted by Crippen LogP contribution is -2.36. The smallest absolute Gasteiger partial charge is 0.223 e. The zero-order valence-corrected chi connectivity index (χ0v) is 11.4. The third-order valence-electron chi connectivity index (χ3n) is 3.33. The molecule has 2 heterocycles. The first-order valence-electron chi connectivity index (χ1n) is 7.15. The Morgan fingerprint density at radius 3 is 3.10 bits per heavy atom. The van der Waals surface area contributed by atoms with E-state index in [9.17, 15) is 15.0 Å². The molecule has 1 saturated heterocycles. The van der Waals surface area contributed by atoms with Crippen LogP contribution in [0.2, 0.25) is 0 Å². The first kappa shape index (κ1) is 14.3. The monoisotopic (exact) mass is 301 g/mol. The van der Waals surface area contributed by atoms with E-state index >= 15 is 0 Å². The van der Waals surface area contributed by atoms with Crippen molar-refractivity contribution in [2.45, 2.75) is 37.9 Å². The van der Waals surface area contributed by atoms with Crippen LogP contribution in [-0.4, -0.2) is 57.2 Å². The van der Waals surface area contributed by atoms with E-state index in [1.165, 1.54) is 10.9 Å². The number of carbonyl (C=O) groups is 1. The van der Waals surface area contributed by atoms with Gasteiger partial charge in [-0.25, -0.2) is 4.98 Å². The Kier molecular flexibility index (Phi) is 4.34. The van der Waals surface area contributed by atoms with Crippen molar-refractivity contribution >= 4 is 11.7 Å². The molecule has 0 saturated carbocycles. The number of aromatic nitrogens is 2. The van der Waals surface area contributed by atoms with Crippen LogP contribution in [0.15, 0.2) is 6.33 Å². The van der Waals surface area contributed by atoms with E-state index in [1.54, 1.807) is 0 Å². The van der Waals surface area contributed by atoms with Gasteiger partial charge in [-0.05, 0) is 6.90 Å². The third-order valence-corrected chi connectivity index (χ3v) is 3.33. The van der Waals surface area contributed by atoms with Crippen molar-refractivity contribution in [1.82, 2.24) is 9.55 Å². The molecule has 1 aromatic heterocycles. The number of primary amides is 1. The highest BCUT2D eigenvalue weighted by Gasteiger charge is 2.45. The van der Waals surface area contributed by atoms with Gasteiger partial charge < -0.3 is 31.2 Å². The van der Waals surface area contributed by atoms with Crippen LogP contribution in [0.1, 0.15) is 20.2 Å². The molecule has 9 heteroatoms. The van der Waals surface area contributed by atoms with E-state index in [1.807, 2.05) is 0 Å². The highest BCUT2D eigenvalue weighted by molar-refractivity contribution is 5.77. The van der Waals surface area contributed by atoms with Crippen LogP contribution in [0.25, 0.3) is 0 Å². The number of imidazole rings is 1. The summed E-state index contributed by atoms with van der Waals surface area (Å²) in [5.41, 5.74) is 11.3. The largest absolute Gasteiger partial charge is 0.394 e. The fourth-order valence-corrected chi connectivity index (χ4v) is 2.35. The number of hydrogen-bond donors (Lipinski definition) is 4. The van der Waals surface area contributed by atoms with Crippen molar-refractivity contribution < 1.29 is 25.9 Å². The number of nitrogens with zero attached hydrogens (tertiary/aromatic N) is 2. The van der Waals surface area contributed by atoms with Gasteiger partial charge in [-0.1, -0.05) is 0 Å². The van der Waals surface area contributed by atoms with Crippen molar-refractivity contribution in [3.05, 3.63) is 12.0 Å². The maximum atomic E-state index is 11.0. The summed E-state index contributed by atoms with van der Waals surface area (Å²) >= 11 is 0. The van der Waals surface area contributed by atoms with Gasteiger partial charge >= 0.3 is 0 Å². The molecule has 6 N–H and O–H groups in total. The van der Waals surface area contributed by atoms with Gasteiger partial charge in [0.05, 0.1) is 25.0 Å². The number of aliphatic hydroxyl groups excluding tert-OH is 2. The van der Waals surface area contributed by atoms with Crippen LogP contribution in [0.3, 0.4) is 0 Å². The lowest BCUT2D eigenvalue weighted by atomic mass is 10.1. The van der Waals surface area contributed by atoms with E-state index in [-0.39, 0.29) is 32.4 Å². The zero-order valence-electron chi connectivity index (χ0n) is 12.4. The molecule has 21 heavy (non-hydrogen) atoms. The molecule has 1 fully saturated rings. The van der Waals surface area contributed by atoms with E-state index in [0.717, 1.165) is 0 Å². The molecule has 9 nitrogen and oxygen atoms in total. The van der Waals surface area contributed by atoms with Gasteiger partial charge in [0.25, 0.3) is 0 Å². The van der Waals surface area contributed by atoms with Gasteiger partial charge in [0.2, 0.25) is 5.91 Å². The second kappa shape index (κ2) is 6.39. The lowest BCUT2D eigenvalue weighted by Gasteiger charge is -2.19. The Balaban J connectivity index is 2.18. The van der Waals surface area contributed by atoms with E-state index < -0.39 is 30.4 Å². The highest BCUT2D eigenvalue weighted by atomic mass is 16.6. The van der Waals surface area contributed by atoms with Crippen LogP contribution >= 0.6 is 0 Å². The molecule has 2 rings (SSSR count). The second-order valence-corrected chi connectivity index (χ2v) is 4.70. The molecular formula is C12H20N4O5. The summed E-state index contributed by atoms with van der Waals surface area (Å²) in [5, 5.41) is 19.7. The summed E-state index contributed by atoms with van der Waals surface area (Å²) in [6.45, 7) is -0.207.